The van der Waals surface area contributed by atoms with Gasteiger partial charge in [-0.1, -0.05) is 49.0 Å². The molecule has 5 rings (SSSR count). The molecule has 0 radical (unpaired) electrons. The second kappa shape index (κ2) is 11.3. The van der Waals surface area contributed by atoms with E-state index in [4.69, 9.17) is 13.9 Å². The average Bonchev–Trinajstić information content (AvgIpc) is 3.65. The number of hydrogen-bond acceptors (Lipinski definition) is 9. The molecule has 3 heterocycles. The first kappa shape index (κ1) is 25.9. The van der Waals surface area contributed by atoms with Crippen molar-refractivity contribution in [3.05, 3.63) is 96.7 Å². The fourth-order valence-electron chi connectivity index (χ4n) is 3.87. The van der Waals surface area contributed by atoms with Crippen molar-refractivity contribution in [2.75, 3.05) is 13.7 Å². The smallest absolute Gasteiger partial charge is 0.291 e. The van der Waals surface area contributed by atoms with Gasteiger partial charge in [-0.15, -0.1) is 5.10 Å². The standard InChI is InChI=1S/C28H24N4O6S/c1-3-4-15-37-23-12-9-18(16-24(23)36-2)10-14-26-29-28-31(30-26)27(33)25(39-28)17-19-11-13-22(38-19)20-7-5-6-8-21(20)32(34)35/h5-14,16-17H,3-4,15H2,1-2H3/b14-10+,25-17-. The average molecular weight is 545 g/mol. The highest BCUT2D eigenvalue weighted by molar-refractivity contribution is 7.15. The number of para-hydroxylation sites is 1. The normalized spacial score (nSPS) is 12.0. The van der Waals surface area contributed by atoms with Crippen molar-refractivity contribution in [1.29, 1.82) is 0 Å². The lowest BCUT2D eigenvalue weighted by Crippen LogP contribution is -2.23. The van der Waals surface area contributed by atoms with Crippen LogP contribution in [0.5, 0.6) is 11.5 Å². The minimum absolute atomic E-state index is 0.0583. The lowest BCUT2D eigenvalue weighted by molar-refractivity contribution is -0.384. The van der Waals surface area contributed by atoms with Gasteiger partial charge >= 0.3 is 0 Å². The van der Waals surface area contributed by atoms with Gasteiger partial charge < -0.3 is 13.9 Å². The summed E-state index contributed by atoms with van der Waals surface area (Å²) in [5.74, 6) is 2.45. The Balaban J connectivity index is 1.36. The van der Waals surface area contributed by atoms with E-state index in [0.717, 1.165) is 18.4 Å². The van der Waals surface area contributed by atoms with Crippen LogP contribution in [0.3, 0.4) is 0 Å². The maximum Gasteiger partial charge on any atom is 0.291 e. The van der Waals surface area contributed by atoms with Crippen molar-refractivity contribution in [2.24, 2.45) is 0 Å². The lowest BCUT2D eigenvalue weighted by atomic mass is 10.1. The largest absolute Gasteiger partial charge is 0.493 e. The summed E-state index contributed by atoms with van der Waals surface area (Å²) in [6.45, 7) is 2.74. The fraction of sp³-hybridized carbons (Fsp3) is 0.179. The predicted molar refractivity (Wildman–Crippen MR) is 149 cm³/mol. The summed E-state index contributed by atoms with van der Waals surface area (Å²) in [6.07, 6.45) is 7.15. The third-order valence-electron chi connectivity index (χ3n) is 5.83. The number of unbranched alkanes of at least 4 members (excludes halogenated alkanes) is 1. The first-order chi connectivity index (χ1) is 19.0. The Morgan fingerprint density at radius 2 is 1.97 bits per heavy atom. The van der Waals surface area contributed by atoms with Crippen LogP contribution in [0.1, 0.15) is 36.9 Å². The number of furan rings is 1. The molecule has 3 aromatic heterocycles. The molecule has 198 valence electrons. The summed E-state index contributed by atoms with van der Waals surface area (Å²) >= 11 is 1.17. The van der Waals surface area contributed by atoms with Crippen LogP contribution in [0.4, 0.5) is 5.69 Å². The van der Waals surface area contributed by atoms with E-state index in [1.54, 1.807) is 49.6 Å². The molecule has 5 aromatic rings. The number of nitrogens with zero attached hydrogens (tertiary/aromatic N) is 4. The van der Waals surface area contributed by atoms with E-state index < -0.39 is 4.92 Å². The Hall–Kier alpha value is -4.77. The number of nitro groups is 1. The van der Waals surface area contributed by atoms with E-state index in [2.05, 4.69) is 17.0 Å². The maximum absolute atomic E-state index is 12.9. The van der Waals surface area contributed by atoms with Gasteiger partial charge in [0.15, 0.2) is 17.3 Å². The summed E-state index contributed by atoms with van der Waals surface area (Å²) in [6, 6.07) is 15.3. The minimum atomic E-state index is -0.461. The second-order valence-electron chi connectivity index (χ2n) is 8.50. The van der Waals surface area contributed by atoms with Crippen molar-refractivity contribution in [1.82, 2.24) is 14.6 Å². The third-order valence-corrected chi connectivity index (χ3v) is 6.79. The molecule has 10 nitrogen and oxygen atoms in total. The number of fused-ring (bicyclic) bond motifs is 1. The number of nitro benzene ring substituents is 1. The Kier molecular flexibility index (Phi) is 7.50. The first-order valence-corrected chi connectivity index (χ1v) is 13.0. The van der Waals surface area contributed by atoms with E-state index in [9.17, 15) is 14.9 Å². The summed E-state index contributed by atoms with van der Waals surface area (Å²) < 4.78 is 18.6. The predicted octanol–water partition coefficient (Wildman–Crippen LogP) is 5.22. The fourth-order valence-corrected chi connectivity index (χ4v) is 4.76. The number of thiazole rings is 1. The first-order valence-electron chi connectivity index (χ1n) is 12.2. The van der Waals surface area contributed by atoms with Gasteiger partial charge in [0.05, 0.1) is 24.2 Å². The van der Waals surface area contributed by atoms with Crippen LogP contribution < -0.4 is 19.6 Å². The number of methoxy groups -OCH3 is 1. The molecule has 0 N–H and O–H groups in total. The van der Waals surface area contributed by atoms with Crippen LogP contribution in [0.25, 0.3) is 34.5 Å². The van der Waals surface area contributed by atoms with Crippen molar-refractivity contribution < 1.29 is 18.8 Å². The molecule has 0 unspecified atom stereocenters. The topological polar surface area (TPSA) is 122 Å². The monoisotopic (exact) mass is 544 g/mol. The summed E-state index contributed by atoms with van der Waals surface area (Å²) in [7, 11) is 1.60. The van der Waals surface area contributed by atoms with Gasteiger partial charge in [-0.05, 0) is 48.4 Å². The van der Waals surface area contributed by atoms with Gasteiger partial charge in [0.25, 0.3) is 11.2 Å². The molecule has 2 aromatic carbocycles. The van der Waals surface area contributed by atoms with Gasteiger partial charge in [0.2, 0.25) is 4.96 Å². The van der Waals surface area contributed by atoms with E-state index in [-0.39, 0.29) is 11.2 Å². The number of benzene rings is 2. The Morgan fingerprint density at radius 1 is 1.13 bits per heavy atom. The number of aromatic nitrogens is 3. The molecule has 0 spiro atoms. The molecule has 0 amide bonds. The van der Waals surface area contributed by atoms with E-state index in [0.29, 0.717) is 50.5 Å². The third kappa shape index (κ3) is 5.58. The van der Waals surface area contributed by atoms with Crippen molar-refractivity contribution in [2.45, 2.75) is 19.8 Å². The molecule has 39 heavy (non-hydrogen) atoms. The molecule has 0 aliphatic carbocycles. The van der Waals surface area contributed by atoms with Crippen LogP contribution in [-0.2, 0) is 0 Å². The molecule has 0 atom stereocenters. The molecule has 0 saturated heterocycles. The molecule has 0 bridgehead atoms. The van der Waals surface area contributed by atoms with E-state index in [1.165, 1.54) is 21.9 Å². The zero-order valence-electron chi connectivity index (χ0n) is 21.2. The van der Waals surface area contributed by atoms with Gasteiger partial charge in [-0.3, -0.25) is 14.9 Å². The quantitative estimate of drug-likeness (QED) is 0.133. The second-order valence-corrected chi connectivity index (χ2v) is 9.51. The highest BCUT2D eigenvalue weighted by Gasteiger charge is 2.17. The maximum atomic E-state index is 12.9. The van der Waals surface area contributed by atoms with E-state index >= 15 is 0 Å². The summed E-state index contributed by atoms with van der Waals surface area (Å²) in [5, 5.41) is 15.7. The van der Waals surface area contributed by atoms with Crippen molar-refractivity contribution >= 4 is 40.2 Å². The molecule has 0 saturated carbocycles. The number of rotatable bonds is 10. The van der Waals surface area contributed by atoms with Crippen LogP contribution >= 0.6 is 11.3 Å². The SMILES string of the molecule is CCCCOc1ccc(/C=C/c2nc3s/c(=C\c4ccc(-c5ccccc5[N+](=O)[O-])o4)c(=O)n3n2)cc1OC. The molecule has 0 fully saturated rings. The molecular weight excluding hydrogens is 520 g/mol. The van der Waals surface area contributed by atoms with Gasteiger partial charge in [0.1, 0.15) is 16.1 Å². The van der Waals surface area contributed by atoms with Gasteiger partial charge in [-0.25, -0.2) is 0 Å². The Labute approximate surface area is 226 Å². The van der Waals surface area contributed by atoms with Crippen molar-refractivity contribution in [3.8, 4) is 22.8 Å². The van der Waals surface area contributed by atoms with Crippen LogP contribution in [-0.4, -0.2) is 33.2 Å². The van der Waals surface area contributed by atoms with Crippen LogP contribution in [0.2, 0.25) is 0 Å². The van der Waals surface area contributed by atoms with Crippen molar-refractivity contribution in [3.63, 3.8) is 0 Å². The molecule has 0 aliphatic heterocycles. The zero-order valence-corrected chi connectivity index (χ0v) is 22.0. The summed E-state index contributed by atoms with van der Waals surface area (Å²) in [4.78, 5) is 28.7. The number of hydrogen-bond donors (Lipinski definition) is 0. The highest BCUT2D eigenvalue weighted by Crippen LogP contribution is 2.31. The number of ether oxygens (including phenoxy) is 2. The minimum Gasteiger partial charge on any atom is -0.493 e. The van der Waals surface area contributed by atoms with Crippen LogP contribution in [0.15, 0.2) is 63.8 Å². The summed E-state index contributed by atoms with van der Waals surface area (Å²) in [5.41, 5.74) is 0.842. The molecular formula is C28H24N4O6S. The molecule has 11 heteroatoms. The zero-order chi connectivity index (χ0) is 27.4. The van der Waals surface area contributed by atoms with E-state index in [1.807, 2.05) is 24.3 Å². The highest BCUT2D eigenvalue weighted by atomic mass is 32.1. The Bertz CT molecular complexity index is 1790. The van der Waals surface area contributed by atoms with Gasteiger partial charge in [0, 0.05) is 12.1 Å². The Morgan fingerprint density at radius 3 is 2.74 bits per heavy atom. The van der Waals surface area contributed by atoms with Gasteiger partial charge in [-0.2, -0.15) is 9.50 Å². The van der Waals surface area contributed by atoms with Crippen LogP contribution in [0, 0.1) is 10.1 Å². The molecule has 0 aliphatic rings. The lowest BCUT2D eigenvalue weighted by Gasteiger charge is -2.10.